The summed E-state index contributed by atoms with van der Waals surface area (Å²) in [4.78, 5) is 24.0. The van der Waals surface area contributed by atoms with E-state index >= 15 is 0 Å². The van der Waals surface area contributed by atoms with Crippen molar-refractivity contribution in [2.24, 2.45) is 9.36 Å². The zero-order valence-electron chi connectivity index (χ0n) is 12.4. The van der Waals surface area contributed by atoms with E-state index < -0.39 is 62.9 Å². The number of allylic oxidation sites excluding steroid dienone is 2. The van der Waals surface area contributed by atoms with E-state index in [0.717, 1.165) is 12.1 Å². The molecule has 0 heterocycles. The predicted octanol–water partition coefficient (Wildman–Crippen LogP) is 3.83. The van der Waals surface area contributed by atoms with Crippen LogP contribution in [-0.2, 0) is 16.3 Å². The fourth-order valence-corrected chi connectivity index (χ4v) is 1.75. The Hall–Kier alpha value is -3.10. The Labute approximate surface area is 148 Å². The molecule has 1 aromatic carbocycles. The van der Waals surface area contributed by atoms with E-state index in [9.17, 15) is 45.5 Å². The summed E-state index contributed by atoms with van der Waals surface area (Å²) < 4.78 is 88.5. The van der Waals surface area contributed by atoms with E-state index in [1.807, 2.05) is 0 Å². The summed E-state index contributed by atoms with van der Waals surface area (Å²) in [5.74, 6) is -5.92. The van der Waals surface area contributed by atoms with Crippen LogP contribution in [0.4, 0.5) is 43.4 Å². The van der Waals surface area contributed by atoms with Gasteiger partial charge in [-0.05, 0) is 6.07 Å². The number of Topliss-reactive ketones (excluding diaryl/α,β-unsaturated/α-hetero) is 1. The lowest BCUT2D eigenvalue weighted by atomic mass is 10.1. The molecule has 0 aromatic heterocycles. The van der Waals surface area contributed by atoms with Crippen molar-refractivity contribution in [1.29, 1.82) is 0 Å². The number of halogens is 6. The van der Waals surface area contributed by atoms with Gasteiger partial charge >= 0.3 is 12.4 Å². The highest BCUT2D eigenvalue weighted by molar-refractivity contribution is 7.54. The Morgan fingerprint density at radius 2 is 1.74 bits per heavy atom. The Morgan fingerprint density at radius 3 is 2.19 bits per heavy atom. The molecule has 0 bridgehead atoms. The molecule has 0 aliphatic heterocycles. The number of hydrogen-bond acceptors (Lipinski definition) is 7. The molecule has 0 radical (unpaired) electrons. The molecule has 0 saturated carbocycles. The van der Waals surface area contributed by atoms with Gasteiger partial charge in [-0.2, -0.15) is 34.9 Å². The van der Waals surface area contributed by atoms with Crippen LogP contribution in [0.1, 0.15) is 0 Å². The van der Waals surface area contributed by atoms with Gasteiger partial charge in [-0.1, -0.05) is 0 Å². The molecular formula is C12H5F6N3O5S. The highest BCUT2D eigenvalue weighted by atomic mass is 32.1. The van der Waals surface area contributed by atoms with Crippen LogP contribution in [-0.4, -0.2) is 38.6 Å². The number of hydrogen-bond donors (Lipinski definition) is 1. The van der Waals surface area contributed by atoms with Gasteiger partial charge in [0, 0.05) is 18.3 Å². The van der Waals surface area contributed by atoms with Gasteiger partial charge in [0.2, 0.25) is 17.2 Å². The van der Waals surface area contributed by atoms with Crippen molar-refractivity contribution in [1.82, 2.24) is 0 Å². The number of aliphatic imine (C=N–C) groups is 1. The summed E-state index contributed by atoms with van der Waals surface area (Å²) in [7, 11) is 0. The van der Waals surface area contributed by atoms with Gasteiger partial charge in [-0.3, -0.25) is 19.9 Å². The number of nitrogens with zero attached hydrogens (tertiary/aromatic N) is 3. The number of ketones is 1. The van der Waals surface area contributed by atoms with Crippen LogP contribution in [0.3, 0.4) is 0 Å². The van der Waals surface area contributed by atoms with Crippen molar-refractivity contribution in [2.75, 3.05) is 0 Å². The maximum Gasteiger partial charge on any atom is 0.455 e. The SMILES string of the molecule is O=S=Nc1ccc([N+](=O)[O-])cc1N=C/C(C(=O)C(F)(F)F)=C(\O)C(F)(F)F. The Kier molecular flexibility index (Phi) is 6.56. The Balaban J connectivity index is 3.61. The van der Waals surface area contributed by atoms with E-state index in [0.29, 0.717) is 6.07 Å². The van der Waals surface area contributed by atoms with Gasteiger partial charge in [-0.15, -0.1) is 0 Å². The molecule has 0 saturated heterocycles. The third-order valence-electron chi connectivity index (χ3n) is 2.66. The highest BCUT2D eigenvalue weighted by Gasteiger charge is 2.46. The quantitative estimate of drug-likeness (QED) is 0.195. The number of carbonyl (C=O) groups is 1. The van der Waals surface area contributed by atoms with Crippen LogP contribution in [0.2, 0.25) is 0 Å². The van der Waals surface area contributed by atoms with E-state index in [4.69, 9.17) is 5.11 Å². The van der Waals surface area contributed by atoms with Crippen molar-refractivity contribution < 1.29 is 45.4 Å². The standard InChI is InChI=1S/C12H5F6N3O5S/c13-11(14,15)9(22)6(10(23)12(16,17)18)4-19-8-3-5(21(24)25)1-2-7(8)20-27-26/h1-4,22H/b9-6+,19-4?. The Bertz CT molecular complexity index is 886. The molecule has 15 heteroatoms. The molecule has 0 fully saturated rings. The molecule has 0 aliphatic rings. The smallest absolute Gasteiger partial charge is 0.455 e. The summed E-state index contributed by atoms with van der Waals surface area (Å²) in [6.45, 7) is 0. The molecule has 146 valence electrons. The summed E-state index contributed by atoms with van der Waals surface area (Å²) in [5, 5.41) is 19.6. The number of carbonyl (C=O) groups excluding carboxylic acids is 1. The van der Waals surface area contributed by atoms with Gasteiger partial charge in [0.05, 0.1) is 16.2 Å². The third-order valence-corrected chi connectivity index (χ3v) is 2.94. The monoisotopic (exact) mass is 417 g/mol. The number of non-ortho nitro benzene ring substituents is 1. The summed E-state index contributed by atoms with van der Waals surface area (Å²) >= 11 is -0.419. The minimum Gasteiger partial charge on any atom is -0.504 e. The number of rotatable bonds is 5. The lowest BCUT2D eigenvalue weighted by Crippen LogP contribution is -2.29. The first-order valence-electron chi connectivity index (χ1n) is 6.23. The van der Waals surface area contributed by atoms with E-state index in [1.54, 1.807) is 0 Å². The van der Waals surface area contributed by atoms with E-state index in [-0.39, 0.29) is 6.21 Å². The fraction of sp³-hybridized carbons (Fsp3) is 0.167. The molecule has 1 aromatic rings. The van der Waals surface area contributed by atoms with E-state index in [1.165, 1.54) is 0 Å². The molecule has 0 atom stereocenters. The van der Waals surface area contributed by atoms with Gasteiger partial charge in [0.1, 0.15) is 5.69 Å². The van der Waals surface area contributed by atoms with Gasteiger partial charge < -0.3 is 5.11 Å². The molecule has 0 spiro atoms. The molecule has 8 nitrogen and oxygen atoms in total. The fourth-order valence-electron chi connectivity index (χ4n) is 1.51. The van der Waals surface area contributed by atoms with Gasteiger partial charge in [0.25, 0.3) is 11.5 Å². The predicted molar refractivity (Wildman–Crippen MR) is 78.3 cm³/mol. The van der Waals surface area contributed by atoms with Crippen LogP contribution in [0.15, 0.2) is 38.9 Å². The first-order valence-corrected chi connectivity index (χ1v) is 6.93. The first-order chi connectivity index (χ1) is 12.3. The van der Waals surface area contributed by atoms with Crippen LogP contribution in [0.25, 0.3) is 0 Å². The summed E-state index contributed by atoms with van der Waals surface area (Å²) in [5.41, 5.74) is -4.04. The third kappa shape index (κ3) is 5.70. The highest BCUT2D eigenvalue weighted by Crippen LogP contribution is 2.33. The zero-order chi connectivity index (χ0) is 21.0. The summed E-state index contributed by atoms with van der Waals surface area (Å²) in [6, 6.07) is 2.29. The second kappa shape index (κ2) is 8.07. The summed E-state index contributed by atoms with van der Waals surface area (Å²) in [6.07, 6.45) is -11.8. The number of benzene rings is 1. The second-order valence-electron chi connectivity index (χ2n) is 4.44. The molecule has 27 heavy (non-hydrogen) atoms. The molecule has 1 N–H and O–H groups in total. The lowest BCUT2D eigenvalue weighted by molar-refractivity contribution is -0.384. The zero-order valence-corrected chi connectivity index (χ0v) is 13.2. The van der Waals surface area contributed by atoms with Crippen LogP contribution < -0.4 is 0 Å². The molecule has 0 unspecified atom stereocenters. The molecule has 0 aliphatic carbocycles. The molecule has 0 amide bonds. The van der Waals surface area contributed by atoms with E-state index in [2.05, 4.69) is 9.36 Å². The van der Waals surface area contributed by atoms with Crippen molar-refractivity contribution >= 4 is 40.5 Å². The first kappa shape index (κ1) is 21.9. The number of aliphatic hydroxyl groups excluding tert-OH is 1. The Morgan fingerprint density at radius 1 is 1.15 bits per heavy atom. The van der Waals surface area contributed by atoms with Crippen molar-refractivity contribution in [3.8, 4) is 0 Å². The molecule has 1 rings (SSSR count). The molecular weight excluding hydrogens is 412 g/mol. The van der Waals surface area contributed by atoms with Crippen LogP contribution >= 0.6 is 0 Å². The number of aliphatic hydroxyl groups is 1. The minimum absolute atomic E-state index is 0.272. The van der Waals surface area contributed by atoms with Crippen LogP contribution in [0.5, 0.6) is 0 Å². The van der Waals surface area contributed by atoms with Crippen LogP contribution in [0, 0.1) is 10.1 Å². The van der Waals surface area contributed by atoms with Crippen molar-refractivity contribution in [3.05, 3.63) is 39.6 Å². The topological polar surface area (TPSA) is 122 Å². The second-order valence-corrected chi connectivity index (χ2v) is 4.77. The van der Waals surface area contributed by atoms with Gasteiger partial charge in [0.15, 0.2) is 0 Å². The minimum atomic E-state index is -5.78. The number of nitro groups is 1. The van der Waals surface area contributed by atoms with Gasteiger partial charge in [-0.25, -0.2) is 0 Å². The normalized spacial score (nSPS) is 13.3. The average Bonchev–Trinajstić information content (AvgIpc) is 2.54. The van der Waals surface area contributed by atoms with Crippen molar-refractivity contribution in [3.63, 3.8) is 0 Å². The van der Waals surface area contributed by atoms with Crippen molar-refractivity contribution in [2.45, 2.75) is 12.4 Å². The average molecular weight is 417 g/mol. The largest absolute Gasteiger partial charge is 0.504 e. The maximum atomic E-state index is 12.5. The number of alkyl halides is 6. The maximum absolute atomic E-state index is 12.5. The lowest BCUT2D eigenvalue weighted by Gasteiger charge is -2.11. The number of nitro benzene ring substituents is 1.